The summed E-state index contributed by atoms with van der Waals surface area (Å²) in [6.07, 6.45) is 0. The van der Waals surface area contributed by atoms with E-state index in [1.807, 2.05) is 0 Å². The molecule has 1 N–H and O–H groups in total. The Bertz CT molecular complexity index is 503. The Labute approximate surface area is 85.3 Å². The highest BCUT2D eigenvalue weighted by Crippen LogP contribution is 2.17. The summed E-state index contributed by atoms with van der Waals surface area (Å²) >= 11 is 0. The number of carbonyl (C=O) groups excluding carboxylic acids is 1. The fourth-order valence-electron chi connectivity index (χ4n) is 1.28. The summed E-state index contributed by atoms with van der Waals surface area (Å²) in [6.45, 7) is -0.262. The Morgan fingerprint density at radius 3 is 3.07 bits per heavy atom. The number of benzene rings is 1. The van der Waals surface area contributed by atoms with Gasteiger partial charge in [-0.3, -0.25) is 0 Å². The molecule has 2 rings (SSSR count). The zero-order valence-electron chi connectivity index (χ0n) is 8.06. The number of rotatable bonds is 2. The van der Waals surface area contributed by atoms with Crippen molar-refractivity contribution in [3.8, 4) is 0 Å². The predicted molar refractivity (Wildman–Crippen MR) is 51.3 cm³/mol. The standard InChI is InChI=1S/C10H9NO4/c1-14-10(13)6-2-3-7-8(4-6)15-9(5-12)11-7/h2-4,12H,5H2,1H3. The van der Waals surface area contributed by atoms with Crippen LogP contribution >= 0.6 is 0 Å². The largest absolute Gasteiger partial charge is 0.465 e. The number of hydrogen-bond acceptors (Lipinski definition) is 5. The van der Waals surface area contributed by atoms with Gasteiger partial charge in [-0.25, -0.2) is 9.78 Å². The molecule has 0 unspecified atom stereocenters. The lowest BCUT2D eigenvalue weighted by molar-refractivity contribution is 0.0601. The first-order valence-corrected chi connectivity index (χ1v) is 4.33. The summed E-state index contributed by atoms with van der Waals surface area (Å²) in [7, 11) is 1.31. The van der Waals surface area contributed by atoms with Crippen molar-refractivity contribution in [2.45, 2.75) is 6.61 Å². The molecule has 5 heteroatoms. The van der Waals surface area contributed by atoms with Gasteiger partial charge in [0, 0.05) is 0 Å². The maximum atomic E-state index is 11.2. The van der Waals surface area contributed by atoms with Crippen molar-refractivity contribution in [2.75, 3.05) is 7.11 Å². The van der Waals surface area contributed by atoms with Gasteiger partial charge in [0.25, 0.3) is 0 Å². The van der Waals surface area contributed by atoms with Gasteiger partial charge >= 0.3 is 5.97 Å². The molecule has 1 heterocycles. The van der Waals surface area contributed by atoms with E-state index in [1.54, 1.807) is 12.1 Å². The normalized spacial score (nSPS) is 10.5. The minimum atomic E-state index is -0.432. The zero-order valence-corrected chi connectivity index (χ0v) is 8.06. The number of ether oxygens (including phenoxy) is 1. The fourth-order valence-corrected chi connectivity index (χ4v) is 1.28. The van der Waals surface area contributed by atoms with E-state index in [9.17, 15) is 4.79 Å². The minimum Gasteiger partial charge on any atom is -0.465 e. The number of aromatic nitrogens is 1. The molecule has 5 nitrogen and oxygen atoms in total. The molecule has 0 bridgehead atoms. The highest BCUT2D eigenvalue weighted by Gasteiger charge is 2.09. The van der Waals surface area contributed by atoms with Gasteiger partial charge in [-0.15, -0.1) is 0 Å². The van der Waals surface area contributed by atoms with Gasteiger partial charge < -0.3 is 14.3 Å². The smallest absolute Gasteiger partial charge is 0.337 e. The second kappa shape index (κ2) is 3.70. The van der Waals surface area contributed by atoms with E-state index in [0.29, 0.717) is 16.7 Å². The number of hydrogen-bond donors (Lipinski definition) is 1. The van der Waals surface area contributed by atoms with E-state index >= 15 is 0 Å². The number of methoxy groups -OCH3 is 1. The minimum absolute atomic E-state index is 0.229. The molecule has 78 valence electrons. The highest BCUT2D eigenvalue weighted by atomic mass is 16.5. The number of fused-ring (bicyclic) bond motifs is 1. The van der Waals surface area contributed by atoms with Crippen molar-refractivity contribution < 1.29 is 19.1 Å². The summed E-state index contributed by atoms with van der Waals surface area (Å²) in [5.41, 5.74) is 1.46. The van der Waals surface area contributed by atoms with Crippen LogP contribution in [0.5, 0.6) is 0 Å². The van der Waals surface area contributed by atoms with Crippen LogP contribution in [0, 0.1) is 0 Å². The molecule has 1 aromatic heterocycles. The van der Waals surface area contributed by atoms with Gasteiger partial charge in [-0.05, 0) is 18.2 Å². The summed E-state index contributed by atoms with van der Waals surface area (Å²) in [5, 5.41) is 8.82. The van der Waals surface area contributed by atoms with Crippen LogP contribution in [0.3, 0.4) is 0 Å². The van der Waals surface area contributed by atoms with Crippen molar-refractivity contribution in [3.05, 3.63) is 29.7 Å². The van der Waals surface area contributed by atoms with Crippen LogP contribution in [0.25, 0.3) is 11.1 Å². The van der Waals surface area contributed by atoms with Crippen LogP contribution in [-0.2, 0) is 11.3 Å². The summed E-state index contributed by atoms with van der Waals surface area (Å²) < 4.78 is 9.75. The third kappa shape index (κ3) is 1.69. The Balaban J connectivity index is 2.50. The fraction of sp³-hybridized carbons (Fsp3) is 0.200. The Hall–Kier alpha value is -1.88. The molecule has 0 atom stereocenters. The first-order valence-electron chi connectivity index (χ1n) is 4.33. The lowest BCUT2D eigenvalue weighted by Crippen LogP contribution is -2.00. The second-order valence-corrected chi connectivity index (χ2v) is 2.94. The van der Waals surface area contributed by atoms with Crippen LogP contribution in [0.4, 0.5) is 0 Å². The van der Waals surface area contributed by atoms with Crippen LogP contribution in [0.2, 0.25) is 0 Å². The Morgan fingerprint density at radius 2 is 2.40 bits per heavy atom. The average molecular weight is 207 g/mol. The van der Waals surface area contributed by atoms with Crippen molar-refractivity contribution in [3.63, 3.8) is 0 Å². The quantitative estimate of drug-likeness (QED) is 0.746. The third-order valence-corrected chi connectivity index (χ3v) is 1.99. The molecule has 0 fully saturated rings. The summed E-state index contributed by atoms with van der Waals surface area (Å²) in [4.78, 5) is 15.2. The van der Waals surface area contributed by atoms with Gasteiger partial charge in [-0.2, -0.15) is 0 Å². The van der Waals surface area contributed by atoms with Crippen LogP contribution in [0.1, 0.15) is 16.2 Å². The van der Waals surface area contributed by atoms with Gasteiger partial charge in [-0.1, -0.05) is 0 Å². The van der Waals surface area contributed by atoms with Crippen LogP contribution < -0.4 is 0 Å². The molecule has 1 aromatic carbocycles. The van der Waals surface area contributed by atoms with Crippen molar-refractivity contribution >= 4 is 17.1 Å². The van der Waals surface area contributed by atoms with Crippen molar-refractivity contribution in [2.24, 2.45) is 0 Å². The molecule has 0 aliphatic heterocycles. The van der Waals surface area contributed by atoms with Crippen molar-refractivity contribution in [1.29, 1.82) is 0 Å². The van der Waals surface area contributed by atoms with E-state index in [4.69, 9.17) is 9.52 Å². The van der Waals surface area contributed by atoms with Crippen LogP contribution in [-0.4, -0.2) is 23.2 Å². The lowest BCUT2D eigenvalue weighted by Gasteiger charge is -1.96. The predicted octanol–water partition coefficient (Wildman–Crippen LogP) is 1.11. The molecule has 2 aromatic rings. The first kappa shape index (κ1) is 9.67. The number of aliphatic hydroxyl groups excluding tert-OH is 1. The topological polar surface area (TPSA) is 72.6 Å². The molecule has 0 amide bonds. The SMILES string of the molecule is COC(=O)c1ccc2nc(CO)oc2c1. The molecular weight excluding hydrogens is 198 g/mol. The van der Waals surface area contributed by atoms with Gasteiger partial charge in [0.1, 0.15) is 12.1 Å². The van der Waals surface area contributed by atoms with E-state index in [-0.39, 0.29) is 12.5 Å². The highest BCUT2D eigenvalue weighted by molar-refractivity contribution is 5.93. The van der Waals surface area contributed by atoms with E-state index in [0.717, 1.165) is 0 Å². The molecule has 0 spiro atoms. The average Bonchev–Trinajstić information content (AvgIpc) is 2.69. The number of nitrogens with zero attached hydrogens (tertiary/aromatic N) is 1. The lowest BCUT2D eigenvalue weighted by atomic mass is 10.2. The number of esters is 1. The van der Waals surface area contributed by atoms with E-state index < -0.39 is 5.97 Å². The molecule has 0 saturated carbocycles. The zero-order chi connectivity index (χ0) is 10.8. The van der Waals surface area contributed by atoms with Gasteiger partial charge in [0.15, 0.2) is 5.58 Å². The first-order chi connectivity index (χ1) is 7.24. The number of oxazole rings is 1. The molecule has 0 aliphatic carbocycles. The Kier molecular flexibility index (Phi) is 2.39. The monoisotopic (exact) mass is 207 g/mol. The van der Waals surface area contributed by atoms with Gasteiger partial charge in [0.05, 0.1) is 12.7 Å². The van der Waals surface area contributed by atoms with Crippen LogP contribution in [0.15, 0.2) is 22.6 Å². The van der Waals surface area contributed by atoms with Gasteiger partial charge in [0.2, 0.25) is 5.89 Å². The molecule has 0 aliphatic rings. The van der Waals surface area contributed by atoms with E-state index in [1.165, 1.54) is 13.2 Å². The molecule has 15 heavy (non-hydrogen) atoms. The summed E-state index contributed by atoms with van der Waals surface area (Å²) in [5.74, 6) is -0.203. The molecule has 0 radical (unpaired) electrons. The second-order valence-electron chi connectivity index (χ2n) is 2.94. The summed E-state index contributed by atoms with van der Waals surface area (Å²) in [6, 6.07) is 4.77. The molecule has 0 saturated heterocycles. The maximum Gasteiger partial charge on any atom is 0.337 e. The van der Waals surface area contributed by atoms with E-state index in [2.05, 4.69) is 9.72 Å². The van der Waals surface area contributed by atoms with Crippen molar-refractivity contribution in [1.82, 2.24) is 4.98 Å². The molecular formula is C10H9NO4. The number of aliphatic hydroxyl groups is 1. The number of carbonyl (C=O) groups is 1. The Morgan fingerprint density at radius 1 is 1.60 bits per heavy atom. The third-order valence-electron chi connectivity index (χ3n) is 1.99. The maximum absolute atomic E-state index is 11.2.